The van der Waals surface area contributed by atoms with Gasteiger partial charge in [0, 0.05) is 44.2 Å². The Labute approximate surface area is 243 Å². The van der Waals surface area contributed by atoms with Crippen LogP contribution >= 0.6 is 11.3 Å². The quantitative estimate of drug-likeness (QED) is 0.294. The average molecular weight is 586 g/mol. The number of thiophene rings is 1. The summed E-state index contributed by atoms with van der Waals surface area (Å²) in [6.45, 7) is 5.11. The summed E-state index contributed by atoms with van der Waals surface area (Å²) in [5.74, 6) is 0.0911. The van der Waals surface area contributed by atoms with Crippen LogP contribution in [0.3, 0.4) is 0 Å². The van der Waals surface area contributed by atoms with E-state index in [0.29, 0.717) is 71.1 Å². The van der Waals surface area contributed by atoms with Crippen LogP contribution in [-0.4, -0.2) is 84.5 Å². The molecular formula is C30H39N3O7S. The molecular weight excluding hydrogens is 546 g/mol. The van der Waals surface area contributed by atoms with Gasteiger partial charge in [-0.15, -0.1) is 0 Å². The molecule has 2 aromatic heterocycles. The maximum absolute atomic E-state index is 13.7. The summed E-state index contributed by atoms with van der Waals surface area (Å²) >= 11 is 1.62. The van der Waals surface area contributed by atoms with Crippen molar-refractivity contribution in [3.63, 3.8) is 0 Å². The lowest BCUT2D eigenvalue weighted by Gasteiger charge is -2.39. The zero-order chi connectivity index (χ0) is 28.6. The lowest BCUT2D eigenvalue weighted by atomic mass is 9.82. The Morgan fingerprint density at radius 3 is 2.63 bits per heavy atom. The third kappa shape index (κ3) is 6.92. The second-order valence-corrected chi connectivity index (χ2v) is 11.1. The molecule has 41 heavy (non-hydrogen) atoms. The molecule has 0 radical (unpaired) electrons. The molecule has 0 spiro atoms. The van der Waals surface area contributed by atoms with Gasteiger partial charge in [-0.2, -0.15) is 11.3 Å². The van der Waals surface area contributed by atoms with E-state index in [2.05, 4.69) is 16.4 Å². The fourth-order valence-corrected chi connectivity index (χ4v) is 6.51. The number of hydrogen-bond acceptors (Lipinski definition) is 8. The minimum absolute atomic E-state index is 0.00665. The first-order chi connectivity index (χ1) is 20.1. The smallest absolute Gasteiger partial charge is 0.326 e. The van der Waals surface area contributed by atoms with Crippen LogP contribution in [0.5, 0.6) is 0 Å². The highest BCUT2D eigenvalue weighted by Crippen LogP contribution is 2.40. The van der Waals surface area contributed by atoms with Crippen molar-refractivity contribution in [2.24, 2.45) is 5.92 Å². The van der Waals surface area contributed by atoms with Crippen LogP contribution in [0.1, 0.15) is 43.7 Å². The number of piperidine rings is 1. The molecule has 0 unspecified atom stereocenters. The van der Waals surface area contributed by atoms with Crippen molar-refractivity contribution in [1.29, 1.82) is 0 Å². The number of nitrogens with zero attached hydrogens (tertiary/aromatic N) is 2. The number of aromatic amines is 1. The lowest BCUT2D eigenvalue weighted by molar-refractivity contribution is -0.172. The number of rotatable bonds is 13. The van der Waals surface area contributed by atoms with E-state index < -0.39 is 6.29 Å². The first-order valence-electron chi connectivity index (χ1n) is 14.4. The van der Waals surface area contributed by atoms with Crippen molar-refractivity contribution in [3.05, 3.63) is 69.0 Å². The molecule has 2 aliphatic heterocycles. The fourth-order valence-electron chi connectivity index (χ4n) is 5.80. The number of imidazole rings is 1. The topological polar surface area (TPSA) is 115 Å². The van der Waals surface area contributed by atoms with Crippen molar-refractivity contribution in [2.45, 2.75) is 44.4 Å². The molecule has 1 aromatic carbocycles. The van der Waals surface area contributed by atoms with Crippen LogP contribution in [-0.2, 0) is 23.7 Å². The maximum atomic E-state index is 13.7. The number of hydrogen-bond donors (Lipinski definition) is 2. The number of aliphatic hydroxyl groups is 1. The molecule has 0 saturated carbocycles. The number of likely N-dealkylation sites (tertiary alicyclic amines) is 1. The van der Waals surface area contributed by atoms with Crippen LogP contribution < -0.4 is 5.69 Å². The maximum Gasteiger partial charge on any atom is 0.326 e. The Balaban J connectivity index is 1.26. The number of para-hydroxylation sites is 2. The summed E-state index contributed by atoms with van der Waals surface area (Å²) in [5, 5.41) is 13.0. The Hall–Kier alpha value is -2.96. The molecule has 2 aliphatic rings. The standard InChI is InChI=1S/C30H39N3O7S/c1-2-39-29-23(9-14-37-16-17-38-15-13-34)24(21-10-18-41-20-21)19-27(40-29)28(35)32-11-7-22(8-12-32)33-26-6-4-3-5-25(26)31-30(33)36/h3-6,10,18-20,22-24,29,34H,2,7-9,11-17H2,1H3,(H,31,36)/t23-,24-,29-/m0/s1. The van der Waals surface area contributed by atoms with Gasteiger partial charge in [-0.25, -0.2) is 4.79 Å². The molecule has 1 fully saturated rings. The monoisotopic (exact) mass is 585 g/mol. The molecule has 1 amide bonds. The molecule has 0 aliphatic carbocycles. The van der Waals surface area contributed by atoms with Crippen molar-refractivity contribution in [3.8, 4) is 0 Å². The zero-order valence-corrected chi connectivity index (χ0v) is 24.2. The summed E-state index contributed by atoms with van der Waals surface area (Å²) in [5.41, 5.74) is 2.74. The van der Waals surface area contributed by atoms with Crippen molar-refractivity contribution in [1.82, 2.24) is 14.5 Å². The number of nitrogens with one attached hydrogen (secondary N) is 1. The highest BCUT2D eigenvalue weighted by molar-refractivity contribution is 7.08. The number of aliphatic hydroxyl groups excluding tert-OH is 1. The lowest BCUT2D eigenvalue weighted by Crippen LogP contribution is -2.44. The zero-order valence-electron chi connectivity index (χ0n) is 23.4. The van der Waals surface area contributed by atoms with E-state index >= 15 is 0 Å². The first-order valence-corrected chi connectivity index (χ1v) is 15.3. The van der Waals surface area contributed by atoms with Crippen LogP contribution in [0.15, 0.2) is 57.7 Å². The minimum Gasteiger partial charge on any atom is -0.459 e. The summed E-state index contributed by atoms with van der Waals surface area (Å²) in [6, 6.07) is 9.82. The van der Waals surface area contributed by atoms with E-state index in [1.54, 1.807) is 11.3 Å². The van der Waals surface area contributed by atoms with Crippen LogP contribution in [0.4, 0.5) is 0 Å². The number of aromatic nitrogens is 2. The number of allylic oxidation sites excluding steroid dienone is 1. The third-order valence-corrected chi connectivity index (χ3v) is 8.50. The Kier molecular flexibility index (Phi) is 10.3. The average Bonchev–Trinajstić information content (AvgIpc) is 3.64. The van der Waals surface area contributed by atoms with Gasteiger partial charge in [0.25, 0.3) is 5.91 Å². The second kappa shape index (κ2) is 14.3. The molecule has 3 atom stereocenters. The number of ether oxygens (including phenoxy) is 4. The number of H-pyrrole nitrogens is 1. The molecule has 3 aromatic rings. The molecule has 2 N–H and O–H groups in total. The van der Waals surface area contributed by atoms with Crippen LogP contribution in [0.25, 0.3) is 11.0 Å². The van der Waals surface area contributed by atoms with Gasteiger partial charge in [0.15, 0.2) is 5.76 Å². The fraction of sp³-hybridized carbons (Fsp3) is 0.533. The minimum atomic E-state index is -0.578. The van der Waals surface area contributed by atoms with Gasteiger partial charge in [0.1, 0.15) is 0 Å². The Morgan fingerprint density at radius 2 is 1.90 bits per heavy atom. The highest BCUT2D eigenvalue weighted by atomic mass is 32.1. The van der Waals surface area contributed by atoms with E-state index in [4.69, 9.17) is 24.1 Å². The molecule has 0 bridgehead atoms. The molecule has 1 saturated heterocycles. The SMILES string of the molecule is CCO[C@H]1OC(C(=O)N2CCC(n3c(=O)[nH]c4ccccc43)CC2)=C[C@@H](c2ccsc2)[C@@H]1CCOCCOCCO. The van der Waals surface area contributed by atoms with E-state index in [9.17, 15) is 9.59 Å². The third-order valence-electron chi connectivity index (χ3n) is 7.80. The summed E-state index contributed by atoms with van der Waals surface area (Å²) in [4.78, 5) is 31.2. The summed E-state index contributed by atoms with van der Waals surface area (Å²) in [7, 11) is 0. The van der Waals surface area contributed by atoms with Gasteiger partial charge in [-0.1, -0.05) is 12.1 Å². The number of benzene rings is 1. The van der Waals surface area contributed by atoms with Crippen LogP contribution in [0, 0.1) is 5.92 Å². The molecule has 222 valence electrons. The van der Waals surface area contributed by atoms with Gasteiger partial charge >= 0.3 is 5.69 Å². The van der Waals surface area contributed by atoms with Crippen LogP contribution in [0.2, 0.25) is 0 Å². The van der Waals surface area contributed by atoms with Gasteiger partial charge in [0.2, 0.25) is 6.29 Å². The number of carbonyl (C=O) groups is 1. The molecule has 5 rings (SSSR count). The number of fused-ring (bicyclic) bond motifs is 1. The molecule has 10 nitrogen and oxygen atoms in total. The Morgan fingerprint density at radius 1 is 1.12 bits per heavy atom. The predicted octanol–water partition coefficient (Wildman–Crippen LogP) is 3.65. The van der Waals surface area contributed by atoms with Gasteiger partial charge in [-0.05, 0) is 66.8 Å². The normalized spacial score (nSPS) is 21.7. The summed E-state index contributed by atoms with van der Waals surface area (Å²) in [6.07, 6.45) is 3.43. The number of carbonyl (C=O) groups excluding carboxylic acids is 1. The predicted molar refractivity (Wildman–Crippen MR) is 156 cm³/mol. The van der Waals surface area contributed by atoms with E-state index in [1.807, 2.05) is 52.1 Å². The molecule has 4 heterocycles. The Bertz CT molecular complexity index is 1340. The van der Waals surface area contributed by atoms with Gasteiger partial charge in [-0.3, -0.25) is 9.36 Å². The van der Waals surface area contributed by atoms with E-state index in [-0.39, 0.29) is 36.1 Å². The highest BCUT2D eigenvalue weighted by Gasteiger charge is 2.39. The van der Waals surface area contributed by atoms with E-state index in [1.165, 1.54) is 0 Å². The largest absolute Gasteiger partial charge is 0.459 e. The summed E-state index contributed by atoms with van der Waals surface area (Å²) < 4.78 is 25.2. The van der Waals surface area contributed by atoms with Gasteiger partial charge < -0.3 is 33.9 Å². The number of amides is 1. The molecule has 11 heteroatoms. The van der Waals surface area contributed by atoms with Crippen molar-refractivity contribution >= 4 is 28.3 Å². The van der Waals surface area contributed by atoms with Crippen molar-refractivity contribution < 1.29 is 28.8 Å². The van der Waals surface area contributed by atoms with Crippen molar-refractivity contribution in [2.75, 3.05) is 52.7 Å². The first kappa shape index (κ1) is 29.5. The second-order valence-electron chi connectivity index (χ2n) is 10.3. The van der Waals surface area contributed by atoms with Gasteiger partial charge in [0.05, 0.1) is 37.5 Å². The van der Waals surface area contributed by atoms with E-state index in [0.717, 1.165) is 16.6 Å².